The zero-order chi connectivity index (χ0) is 27.5. The first-order valence-corrected chi connectivity index (χ1v) is 10.7. The molecule has 0 aliphatic heterocycles. The molecule has 0 fully saturated rings. The number of esters is 3. The molecule has 0 heterocycles. The first kappa shape index (κ1) is 29.1. The largest absolute Gasteiger partial charge is 0.420 e. The van der Waals surface area contributed by atoms with Crippen molar-refractivity contribution in [2.45, 2.75) is 0 Å². The van der Waals surface area contributed by atoms with Crippen LogP contribution < -0.4 is 14.2 Å². The van der Waals surface area contributed by atoms with Crippen molar-refractivity contribution in [3.8, 4) is 28.4 Å². The molecule has 0 radical (unpaired) electrons. The van der Waals surface area contributed by atoms with E-state index in [2.05, 4.69) is 19.7 Å². The van der Waals surface area contributed by atoms with Crippen LogP contribution in [0.2, 0.25) is 0 Å². The van der Waals surface area contributed by atoms with Crippen LogP contribution in [0.1, 0.15) is 0 Å². The van der Waals surface area contributed by atoms with Crippen LogP contribution in [0.3, 0.4) is 0 Å². The summed E-state index contributed by atoms with van der Waals surface area (Å²) in [6.07, 6.45) is 0. The van der Waals surface area contributed by atoms with E-state index in [1.54, 1.807) is 0 Å². The Morgan fingerprint density at radius 1 is 0.622 bits per heavy atom. The van der Waals surface area contributed by atoms with Gasteiger partial charge in [-0.2, -0.15) is 0 Å². The van der Waals surface area contributed by atoms with E-state index in [0.29, 0.717) is 11.1 Å². The number of benzene rings is 2. The van der Waals surface area contributed by atoms with E-state index < -0.39 is 23.7 Å². The number of halogens is 1. The minimum Gasteiger partial charge on any atom is -0.420 e. The molecule has 0 saturated heterocycles. The van der Waals surface area contributed by atoms with Gasteiger partial charge in [-0.3, -0.25) is 0 Å². The van der Waals surface area contributed by atoms with Gasteiger partial charge in [-0.05, 0) is 35.4 Å². The summed E-state index contributed by atoms with van der Waals surface area (Å²) in [6, 6.07) is 8.14. The molecule has 0 atom stereocenters. The number of carbonyl (C=O) groups is 3. The Morgan fingerprint density at radius 2 is 1.00 bits per heavy atom. The lowest BCUT2D eigenvalue weighted by Crippen LogP contribution is -2.17. The molecular formula is C27H27FO9. The number of rotatable bonds is 13. The average molecular weight is 515 g/mol. The Balaban J connectivity index is 2.38. The molecule has 0 unspecified atom stereocenters. The van der Waals surface area contributed by atoms with Crippen molar-refractivity contribution in [3.05, 3.63) is 78.7 Å². The second kappa shape index (κ2) is 13.8. The van der Waals surface area contributed by atoms with Crippen molar-refractivity contribution in [2.24, 2.45) is 0 Å². The number of ether oxygens (including phenoxy) is 6. The summed E-state index contributed by atoms with van der Waals surface area (Å²) in [5, 5.41) is 0. The zero-order valence-electron chi connectivity index (χ0n) is 20.8. The van der Waals surface area contributed by atoms with Gasteiger partial charge >= 0.3 is 17.9 Å². The fraction of sp³-hybridized carbons (Fsp3) is 0.222. The van der Waals surface area contributed by atoms with E-state index in [0.717, 1.165) is 6.07 Å². The molecule has 2 aromatic carbocycles. The van der Waals surface area contributed by atoms with Crippen molar-refractivity contribution < 1.29 is 47.2 Å². The van der Waals surface area contributed by atoms with Crippen LogP contribution in [0.15, 0.2) is 72.9 Å². The predicted octanol–water partition coefficient (Wildman–Crippen LogP) is 3.82. The van der Waals surface area contributed by atoms with Crippen molar-refractivity contribution >= 4 is 17.9 Å². The number of methoxy groups -OCH3 is 3. The quantitative estimate of drug-likeness (QED) is 0.224. The van der Waals surface area contributed by atoms with Crippen LogP contribution in [0.4, 0.5) is 4.39 Å². The van der Waals surface area contributed by atoms with Gasteiger partial charge in [0.15, 0.2) is 23.1 Å². The first-order chi connectivity index (χ1) is 17.6. The van der Waals surface area contributed by atoms with Gasteiger partial charge in [-0.25, -0.2) is 18.8 Å². The maximum atomic E-state index is 14.7. The summed E-state index contributed by atoms with van der Waals surface area (Å²) < 4.78 is 45.0. The van der Waals surface area contributed by atoms with Crippen LogP contribution in [-0.2, 0) is 28.6 Å². The van der Waals surface area contributed by atoms with E-state index in [1.807, 2.05) is 0 Å². The molecule has 37 heavy (non-hydrogen) atoms. The van der Waals surface area contributed by atoms with Gasteiger partial charge in [-0.1, -0.05) is 31.9 Å². The van der Waals surface area contributed by atoms with Gasteiger partial charge in [0.25, 0.3) is 0 Å². The minimum absolute atomic E-state index is 0.0150. The molecule has 10 heteroatoms. The van der Waals surface area contributed by atoms with Crippen LogP contribution in [0, 0.1) is 5.82 Å². The second-order valence-electron chi connectivity index (χ2n) is 7.58. The lowest BCUT2D eigenvalue weighted by atomic mass is 10.0. The second-order valence-corrected chi connectivity index (χ2v) is 7.58. The molecule has 2 aromatic rings. The van der Waals surface area contributed by atoms with Gasteiger partial charge in [0.2, 0.25) is 0 Å². The van der Waals surface area contributed by atoms with Crippen LogP contribution in [0.5, 0.6) is 17.2 Å². The number of hydrogen-bond acceptors (Lipinski definition) is 9. The van der Waals surface area contributed by atoms with Crippen LogP contribution in [0.25, 0.3) is 11.1 Å². The van der Waals surface area contributed by atoms with Gasteiger partial charge in [0.05, 0.1) is 36.5 Å². The lowest BCUT2D eigenvalue weighted by molar-refractivity contribution is -0.133. The maximum Gasteiger partial charge on any atom is 0.341 e. The maximum absolute atomic E-state index is 14.7. The van der Waals surface area contributed by atoms with Crippen molar-refractivity contribution in [1.82, 2.24) is 0 Å². The molecule has 0 N–H and O–H groups in total. The molecule has 9 nitrogen and oxygen atoms in total. The molecule has 0 aromatic heterocycles. The molecule has 2 rings (SSSR count). The zero-order valence-corrected chi connectivity index (χ0v) is 20.8. The molecule has 0 bridgehead atoms. The topological polar surface area (TPSA) is 107 Å². The molecule has 0 aliphatic rings. The van der Waals surface area contributed by atoms with Crippen molar-refractivity contribution in [1.29, 1.82) is 0 Å². The predicted molar refractivity (Wildman–Crippen MR) is 132 cm³/mol. The number of carbonyl (C=O) groups excluding carboxylic acids is 3. The number of hydrogen-bond donors (Lipinski definition) is 0. The Morgan fingerprint density at radius 3 is 1.43 bits per heavy atom. The molecule has 0 amide bonds. The summed E-state index contributed by atoms with van der Waals surface area (Å²) in [5.41, 5.74) is 0.819. The summed E-state index contributed by atoms with van der Waals surface area (Å²) in [5.74, 6) is -3.81. The molecule has 0 aliphatic carbocycles. The third-order valence-corrected chi connectivity index (χ3v) is 4.64. The summed E-state index contributed by atoms with van der Waals surface area (Å²) in [6.45, 7) is 10.5. The third-order valence-electron chi connectivity index (χ3n) is 4.64. The normalized spacial score (nSPS) is 10.4. The summed E-state index contributed by atoms with van der Waals surface area (Å²) in [7, 11) is 4.16. The highest BCUT2D eigenvalue weighted by atomic mass is 19.1. The van der Waals surface area contributed by atoms with E-state index in [9.17, 15) is 18.8 Å². The molecular weight excluding hydrogens is 487 g/mol. The average Bonchev–Trinajstić information content (AvgIpc) is 2.86. The van der Waals surface area contributed by atoms with E-state index in [1.165, 1.54) is 51.7 Å². The summed E-state index contributed by atoms with van der Waals surface area (Å²) >= 11 is 0. The molecule has 0 saturated carbocycles. The highest BCUT2D eigenvalue weighted by Crippen LogP contribution is 2.35. The van der Waals surface area contributed by atoms with Gasteiger partial charge in [0, 0.05) is 21.3 Å². The Kier molecular flexibility index (Phi) is 10.9. The molecule has 0 spiro atoms. The molecule has 196 valence electrons. The van der Waals surface area contributed by atoms with Gasteiger partial charge < -0.3 is 28.4 Å². The van der Waals surface area contributed by atoms with Crippen LogP contribution in [-0.4, -0.2) is 59.1 Å². The van der Waals surface area contributed by atoms with Crippen molar-refractivity contribution in [2.75, 3.05) is 41.2 Å². The highest BCUT2D eigenvalue weighted by molar-refractivity contribution is 5.92. The van der Waals surface area contributed by atoms with Crippen LogP contribution >= 0.6 is 0 Å². The van der Waals surface area contributed by atoms with E-state index in [4.69, 9.17) is 28.4 Å². The monoisotopic (exact) mass is 514 g/mol. The first-order valence-electron chi connectivity index (χ1n) is 10.7. The SMILES string of the molecule is C=C(COC)C(=O)Oc1ccc(-c2ccc(OC(=O)C(=C)COC)c(OC(=O)C(=C)COC)c2)cc1F. The van der Waals surface area contributed by atoms with E-state index >= 15 is 0 Å². The van der Waals surface area contributed by atoms with E-state index in [-0.39, 0.29) is 53.8 Å². The fourth-order valence-corrected chi connectivity index (χ4v) is 2.83. The Labute approximate surface area is 213 Å². The fourth-order valence-electron chi connectivity index (χ4n) is 2.83. The third kappa shape index (κ3) is 8.21. The van der Waals surface area contributed by atoms with Crippen molar-refractivity contribution in [3.63, 3.8) is 0 Å². The smallest absolute Gasteiger partial charge is 0.341 e. The minimum atomic E-state index is -0.833. The highest BCUT2D eigenvalue weighted by Gasteiger charge is 2.19. The Bertz CT molecular complexity index is 1220. The summed E-state index contributed by atoms with van der Waals surface area (Å²) in [4.78, 5) is 36.7. The Hall–Kier alpha value is -4.12. The van der Waals surface area contributed by atoms with Gasteiger partial charge in [0.1, 0.15) is 0 Å². The standard InChI is InChI=1S/C27H27FO9/c1-16(13-32-4)25(29)35-22-9-7-19(11-21(22)28)20-8-10-23(36-26(30)17(2)14-33-5)24(12-20)37-27(31)18(3)15-34-6/h7-12H,1-3,13-15H2,4-6H3. The lowest BCUT2D eigenvalue weighted by Gasteiger charge is -2.14. The van der Waals surface area contributed by atoms with Gasteiger partial charge in [-0.15, -0.1) is 0 Å².